The maximum Gasteiger partial charge on any atom is 0.331 e. The molecule has 1 aromatic carbocycles. The summed E-state index contributed by atoms with van der Waals surface area (Å²) >= 11 is 1.45. The van der Waals surface area contributed by atoms with Crippen LogP contribution in [0.5, 0.6) is 0 Å². The molecular weight excluding hydrogens is 278 g/mol. The number of carbonyl (C=O) groups excluding carboxylic acids is 2. The van der Waals surface area contributed by atoms with Crippen LogP contribution in [0.3, 0.4) is 0 Å². The quantitative estimate of drug-likeness (QED) is 0.839. The van der Waals surface area contributed by atoms with Crippen LogP contribution in [-0.2, 0) is 9.53 Å². The first-order valence-corrected chi connectivity index (χ1v) is 6.95. The second kappa shape index (κ2) is 6.02. The molecule has 1 amide bonds. The monoisotopic (exact) mass is 293 g/mol. The molecule has 2 atom stereocenters. The van der Waals surface area contributed by atoms with E-state index in [4.69, 9.17) is 0 Å². The highest BCUT2D eigenvalue weighted by molar-refractivity contribution is 7.17. The normalized spacial score (nSPS) is 13.8. The first kappa shape index (κ1) is 14.5. The highest BCUT2D eigenvalue weighted by Gasteiger charge is 2.27. The van der Waals surface area contributed by atoms with E-state index >= 15 is 0 Å². The zero-order chi connectivity index (χ0) is 14.7. The van der Waals surface area contributed by atoms with E-state index in [9.17, 15) is 14.7 Å². The number of thiophene rings is 1. The number of rotatable bonds is 4. The van der Waals surface area contributed by atoms with Gasteiger partial charge in [-0.15, -0.1) is 11.3 Å². The van der Waals surface area contributed by atoms with Crippen LogP contribution in [0.25, 0.3) is 10.1 Å². The van der Waals surface area contributed by atoms with Crippen molar-refractivity contribution in [1.29, 1.82) is 0 Å². The molecule has 2 N–H and O–H groups in total. The van der Waals surface area contributed by atoms with Crippen molar-refractivity contribution in [2.75, 3.05) is 7.11 Å². The summed E-state index contributed by atoms with van der Waals surface area (Å²) in [4.78, 5) is 23.8. The van der Waals surface area contributed by atoms with Gasteiger partial charge in [-0.2, -0.15) is 0 Å². The molecule has 0 saturated carbocycles. The minimum absolute atomic E-state index is 0.404. The third-order valence-corrected chi connectivity index (χ3v) is 3.91. The molecule has 5 nitrogen and oxygen atoms in total. The summed E-state index contributed by atoms with van der Waals surface area (Å²) in [5.74, 6) is -1.08. The fourth-order valence-electron chi connectivity index (χ4n) is 1.88. The Morgan fingerprint density at radius 1 is 1.35 bits per heavy atom. The van der Waals surface area contributed by atoms with Gasteiger partial charge in [0.1, 0.15) is 0 Å². The van der Waals surface area contributed by atoms with Crippen LogP contribution < -0.4 is 5.32 Å². The van der Waals surface area contributed by atoms with Crippen molar-refractivity contribution in [3.8, 4) is 0 Å². The van der Waals surface area contributed by atoms with Crippen molar-refractivity contribution in [3.63, 3.8) is 0 Å². The van der Waals surface area contributed by atoms with E-state index < -0.39 is 24.0 Å². The maximum absolute atomic E-state index is 12.2. The van der Waals surface area contributed by atoms with E-state index in [0.717, 1.165) is 10.1 Å². The number of fused-ring (bicyclic) bond motifs is 1. The van der Waals surface area contributed by atoms with Gasteiger partial charge in [0, 0.05) is 15.5 Å². The standard InChI is InChI=1S/C14H15NO4S/c1-8(16)12(14(18)19-2)15-13(17)10-7-20-11-6-4-3-5-9(10)11/h3-8,12,16H,1-2H3,(H,15,17)/t8-,12-/m0/s1. The molecule has 6 heteroatoms. The average Bonchev–Trinajstić information content (AvgIpc) is 2.87. The number of esters is 1. The van der Waals surface area contributed by atoms with E-state index in [0.29, 0.717) is 5.56 Å². The highest BCUT2D eigenvalue weighted by Crippen LogP contribution is 2.25. The fourth-order valence-corrected chi connectivity index (χ4v) is 2.82. The maximum atomic E-state index is 12.2. The number of nitrogens with one attached hydrogen (secondary N) is 1. The Hall–Kier alpha value is -1.92. The number of hydrogen-bond donors (Lipinski definition) is 2. The zero-order valence-electron chi connectivity index (χ0n) is 11.1. The minimum Gasteiger partial charge on any atom is -0.467 e. The number of aliphatic hydroxyl groups is 1. The second-order valence-electron chi connectivity index (χ2n) is 4.36. The summed E-state index contributed by atoms with van der Waals surface area (Å²) in [5, 5.41) is 14.6. The lowest BCUT2D eigenvalue weighted by atomic mass is 10.1. The van der Waals surface area contributed by atoms with Gasteiger partial charge < -0.3 is 15.2 Å². The molecule has 0 spiro atoms. The molecule has 0 fully saturated rings. The molecule has 0 unspecified atom stereocenters. The van der Waals surface area contributed by atoms with E-state index in [1.165, 1.54) is 25.4 Å². The molecule has 106 valence electrons. The van der Waals surface area contributed by atoms with Crippen LogP contribution in [0.1, 0.15) is 17.3 Å². The predicted molar refractivity (Wildman–Crippen MR) is 76.8 cm³/mol. The first-order chi connectivity index (χ1) is 9.54. The predicted octanol–water partition coefficient (Wildman–Crippen LogP) is 1.55. The number of amides is 1. The first-order valence-electron chi connectivity index (χ1n) is 6.07. The Morgan fingerprint density at radius 2 is 2.05 bits per heavy atom. The number of carbonyl (C=O) groups is 2. The lowest BCUT2D eigenvalue weighted by molar-refractivity contribution is -0.145. The minimum atomic E-state index is -1.08. The fraction of sp³-hybridized carbons (Fsp3) is 0.286. The number of benzene rings is 1. The van der Waals surface area contributed by atoms with Crippen molar-refractivity contribution in [2.24, 2.45) is 0 Å². The molecule has 2 aromatic rings. The Balaban J connectivity index is 2.25. The van der Waals surface area contributed by atoms with Crippen molar-refractivity contribution in [3.05, 3.63) is 35.2 Å². The van der Waals surface area contributed by atoms with Crippen molar-refractivity contribution >= 4 is 33.3 Å². The third kappa shape index (κ3) is 2.81. The van der Waals surface area contributed by atoms with Crippen molar-refractivity contribution in [1.82, 2.24) is 5.32 Å². The molecule has 0 radical (unpaired) electrons. The van der Waals surface area contributed by atoms with Crippen LogP contribution in [0.4, 0.5) is 0 Å². The van der Waals surface area contributed by atoms with E-state index in [1.807, 2.05) is 24.3 Å². The SMILES string of the molecule is COC(=O)[C@@H](NC(=O)c1csc2ccccc12)[C@H](C)O. The van der Waals surface area contributed by atoms with E-state index in [2.05, 4.69) is 10.1 Å². The van der Waals surface area contributed by atoms with Crippen molar-refractivity contribution < 1.29 is 19.4 Å². The lowest BCUT2D eigenvalue weighted by Gasteiger charge is -2.18. The molecule has 2 rings (SSSR count). The summed E-state index contributed by atoms with van der Waals surface area (Å²) in [6, 6.07) is 6.43. The van der Waals surface area contributed by atoms with Crippen LogP contribution in [0, 0.1) is 0 Å². The number of methoxy groups -OCH3 is 1. The Bertz CT molecular complexity index is 635. The smallest absolute Gasteiger partial charge is 0.331 e. The molecule has 0 bridgehead atoms. The molecule has 1 heterocycles. The topological polar surface area (TPSA) is 75.6 Å². The van der Waals surface area contributed by atoms with Gasteiger partial charge in [0.25, 0.3) is 5.91 Å². The lowest BCUT2D eigenvalue weighted by Crippen LogP contribution is -2.48. The van der Waals surface area contributed by atoms with Crippen molar-refractivity contribution in [2.45, 2.75) is 19.1 Å². The van der Waals surface area contributed by atoms with Gasteiger partial charge in [-0.1, -0.05) is 18.2 Å². The van der Waals surface area contributed by atoms with Gasteiger partial charge >= 0.3 is 5.97 Å². The summed E-state index contributed by atoms with van der Waals surface area (Å²) in [6.45, 7) is 1.42. The largest absolute Gasteiger partial charge is 0.467 e. The van der Waals surface area contributed by atoms with Gasteiger partial charge in [0.05, 0.1) is 18.8 Å². The van der Waals surface area contributed by atoms with E-state index in [-0.39, 0.29) is 0 Å². The van der Waals surface area contributed by atoms with Crippen LogP contribution in [0.2, 0.25) is 0 Å². The van der Waals surface area contributed by atoms with Crippen LogP contribution in [0.15, 0.2) is 29.6 Å². The number of ether oxygens (including phenoxy) is 1. The summed E-state index contributed by atoms with van der Waals surface area (Å²) in [7, 11) is 1.21. The molecular formula is C14H15NO4S. The highest BCUT2D eigenvalue weighted by atomic mass is 32.1. The molecule has 0 aliphatic rings. The van der Waals surface area contributed by atoms with Crippen LogP contribution >= 0.6 is 11.3 Å². The Morgan fingerprint density at radius 3 is 2.70 bits per heavy atom. The van der Waals surface area contributed by atoms with Gasteiger partial charge in [-0.05, 0) is 13.0 Å². The Labute approximate surface area is 120 Å². The molecule has 1 aromatic heterocycles. The van der Waals surface area contributed by atoms with Gasteiger partial charge in [-0.25, -0.2) is 4.79 Å². The van der Waals surface area contributed by atoms with Crippen LogP contribution in [-0.4, -0.2) is 36.2 Å². The summed E-state index contributed by atoms with van der Waals surface area (Å²) in [6.07, 6.45) is -1.03. The van der Waals surface area contributed by atoms with Gasteiger partial charge in [-0.3, -0.25) is 4.79 Å². The zero-order valence-corrected chi connectivity index (χ0v) is 11.9. The number of aliphatic hydroxyl groups excluding tert-OH is 1. The average molecular weight is 293 g/mol. The van der Waals surface area contributed by atoms with Gasteiger partial charge in [0.2, 0.25) is 0 Å². The molecule has 0 saturated heterocycles. The molecule has 20 heavy (non-hydrogen) atoms. The summed E-state index contributed by atoms with van der Waals surface area (Å²) in [5.41, 5.74) is 0.486. The third-order valence-electron chi connectivity index (χ3n) is 2.95. The molecule has 0 aliphatic carbocycles. The second-order valence-corrected chi connectivity index (χ2v) is 5.27. The number of hydrogen-bond acceptors (Lipinski definition) is 5. The van der Waals surface area contributed by atoms with E-state index in [1.54, 1.807) is 5.38 Å². The Kier molecular flexibility index (Phi) is 4.36. The summed E-state index contributed by atoms with van der Waals surface area (Å²) < 4.78 is 5.56. The van der Waals surface area contributed by atoms with Gasteiger partial charge in [0.15, 0.2) is 6.04 Å². The molecule has 0 aliphatic heterocycles.